The Bertz CT molecular complexity index is 578. The summed E-state index contributed by atoms with van der Waals surface area (Å²) in [7, 11) is 0. The van der Waals surface area contributed by atoms with Crippen molar-refractivity contribution in [3.05, 3.63) is 36.2 Å². The van der Waals surface area contributed by atoms with Crippen molar-refractivity contribution >= 4 is 17.7 Å². The SMILES string of the molecule is O=C(O)c1cc(-c2ccccn2)n(C2CSC2)n1. The smallest absolute Gasteiger partial charge is 0.356 e. The van der Waals surface area contributed by atoms with Crippen LogP contribution in [0.5, 0.6) is 0 Å². The van der Waals surface area contributed by atoms with Crippen molar-refractivity contribution in [2.24, 2.45) is 0 Å². The highest BCUT2D eigenvalue weighted by atomic mass is 32.2. The molecule has 1 N–H and O–H groups in total. The van der Waals surface area contributed by atoms with Gasteiger partial charge in [-0.3, -0.25) is 9.67 Å². The van der Waals surface area contributed by atoms with E-state index in [1.165, 1.54) is 0 Å². The van der Waals surface area contributed by atoms with E-state index in [4.69, 9.17) is 5.11 Å². The first-order valence-corrected chi connectivity index (χ1v) is 6.73. The molecule has 1 aliphatic rings. The van der Waals surface area contributed by atoms with E-state index in [0.29, 0.717) is 0 Å². The average molecular weight is 261 g/mol. The molecule has 0 aliphatic carbocycles. The van der Waals surface area contributed by atoms with Gasteiger partial charge in [-0.05, 0) is 12.1 Å². The Morgan fingerprint density at radius 1 is 1.44 bits per heavy atom. The Labute approximate surface area is 108 Å². The van der Waals surface area contributed by atoms with Gasteiger partial charge in [-0.15, -0.1) is 0 Å². The van der Waals surface area contributed by atoms with E-state index in [1.807, 2.05) is 30.0 Å². The highest BCUT2D eigenvalue weighted by molar-refractivity contribution is 8.00. The second-order valence-electron chi connectivity index (χ2n) is 4.07. The van der Waals surface area contributed by atoms with Gasteiger partial charge in [0.25, 0.3) is 0 Å². The number of nitrogens with zero attached hydrogens (tertiary/aromatic N) is 3. The minimum atomic E-state index is -1.00. The van der Waals surface area contributed by atoms with Crippen LogP contribution in [0.15, 0.2) is 30.5 Å². The Morgan fingerprint density at radius 2 is 2.28 bits per heavy atom. The van der Waals surface area contributed by atoms with Gasteiger partial charge in [0, 0.05) is 23.8 Å². The molecule has 5 nitrogen and oxygen atoms in total. The number of rotatable bonds is 3. The Morgan fingerprint density at radius 3 is 2.83 bits per heavy atom. The van der Waals surface area contributed by atoms with Gasteiger partial charge >= 0.3 is 5.97 Å². The van der Waals surface area contributed by atoms with Crippen molar-refractivity contribution in [2.75, 3.05) is 11.5 Å². The number of pyridine rings is 1. The van der Waals surface area contributed by atoms with Crippen molar-refractivity contribution < 1.29 is 9.90 Å². The molecule has 92 valence electrons. The molecule has 2 aromatic rings. The molecule has 3 heterocycles. The van der Waals surface area contributed by atoms with Crippen molar-refractivity contribution in [1.29, 1.82) is 0 Å². The van der Waals surface area contributed by atoms with Crippen LogP contribution in [0.3, 0.4) is 0 Å². The van der Waals surface area contributed by atoms with Crippen molar-refractivity contribution in [3.63, 3.8) is 0 Å². The van der Waals surface area contributed by atoms with E-state index >= 15 is 0 Å². The summed E-state index contributed by atoms with van der Waals surface area (Å²) in [6.07, 6.45) is 1.70. The molecule has 0 radical (unpaired) electrons. The zero-order valence-corrected chi connectivity index (χ0v) is 10.3. The molecule has 0 bridgehead atoms. The topological polar surface area (TPSA) is 68.0 Å². The van der Waals surface area contributed by atoms with Crippen molar-refractivity contribution in [2.45, 2.75) is 6.04 Å². The van der Waals surface area contributed by atoms with Crippen LogP contribution < -0.4 is 0 Å². The normalized spacial score (nSPS) is 15.3. The fourth-order valence-corrected chi connectivity index (χ4v) is 2.58. The quantitative estimate of drug-likeness (QED) is 0.914. The van der Waals surface area contributed by atoms with Gasteiger partial charge in [-0.25, -0.2) is 4.79 Å². The van der Waals surface area contributed by atoms with Gasteiger partial charge in [-0.1, -0.05) is 6.07 Å². The average Bonchev–Trinajstić information content (AvgIpc) is 2.73. The van der Waals surface area contributed by atoms with Crippen LogP contribution in [-0.2, 0) is 0 Å². The van der Waals surface area contributed by atoms with Crippen molar-refractivity contribution in [3.8, 4) is 11.4 Å². The first-order valence-electron chi connectivity index (χ1n) is 5.57. The molecule has 1 aliphatic heterocycles. The predicted molar refractivity (Wildman–Crippen MR) is 68.8 cm³/mol. The van der Waals surface area contributed by atoms with Crippen LogP contribution in [0.1, 0.15) is 16.5 Å². The van der Waals surface area contributed by atoms with Crippen LogP contribution >= 0.6 is 11.8 Å². The third-order valence-electron chi connectivity index (χ3n) is 2.85. The molecule has 6 heteroatoms. The summed E-state index contributed by atoms with van der Waals surface area (Å²) >= 11 is 1.83. The second-order valence-corrected chi connectivity index (χ2v) is 5.15. The molecule has 0 atom stereocenters. The minimum absolute atomic E-state index is 0.0764. The zero-order chi connectivity index (χ0) is 12.5. The van der Waals surface area contributed by atoms with E-state index in [0.717, 1.165) is 22.9 Å². The van der Waals surface area contributed by atoms with Crippen LogP contribution in [0, 0.1) is 0 Å². The Kier molecular flexibility index (Phi) is 2.79. The lowest BCUT2D eigenvalue weighted by atomic mass is 10.2. The van der Waals surface area contributed by atoms with Gasteiger partial charge < -0.3 is 5.11 Å². The van der Waals surface area contributed by atoms with Crippen LogP contribution in [-0.4, -0.2) is 37.3 Å². The molecule has 3 rings (SSSR count). The molecule has 18 heavy (non-hydrogen) atoms. The zero-order valence-electron chi connectivity index (χ0n) is 9.48. The lowest BCUT2D eigenvalue weighted by Gasteiger charge is -2.26. The summed E-state index contributed by atoms with van der Waals surface area (Å²) in [6, 6.07) is 7.45. The maximum absolute atomic E-state index is 11.0. The van der Waals surface area contributed by atoms with E-state index in [1.54, 1.807) is 16.9 Å². The van der Waals surface area contributed by atoms with Gasteiger partial charge in [-0.2, -0.15) is 16.9 Å². The third-order valence-corrected chi connectivity index (χ3v) is 4.09. The summed E-state index contributed by atoms with van der Waals surface area (Å²) < 4.78 is 1.79. The lowest BCUT2D eigenvalue weighted by molar-refractivity contribution is 0.0689. The predicted octanol–water partition coefficient (Wildman–Crippen LogP) is 1.93. The Hall–Kier alpha value is -1.82. The molecule has 0 saturated carbocycles. The molecule has 1 fully saturated rings. The standard InChI is InChI=1S/C12H11N3O2S/c16-12(17)10-5-11(9-3-1-2-4-13-9)15(14-10)8-6-18-7-8/h1-5,8H,6-7H2,(H,16,17). The number of thioether (sulfide) groups is 1. The highest BCUT2D eigenvalue weighted by Crippen LogP contribution is 2.32. The van der Waals surface area contributed by atoms with E-state index in [2.05, 4.69) is 10.1 Å². The molecule has 1 saturated heterocycles. The summed E-state index contributed by atoms with van der Waals surface area (Å²) in [5.74, 6) is 0.944. The molecule has 0 amide bonds. The largest absolute Gasteiger partial charge is 0.476 e. The van der Waals surface area contributed by atoms with Crippen molar-refractivity contribution in [1.82, 2.24) is 14.8 Å². The molecular weight excluding hydrogens is 250 g/mol. The number of aromatic carboxylic acids is 1. The molecule has 0 spiro atoms. The number of carboxylic acids is 1. The Balaban J connectivity index is 2.08. The fourth-order valence-electron chi connectivity index (χ4n) is 1.85. The first-order chi connectivity index (χ1) is 8.75. The van der Waals surface area contributed by atoms with E-state index < -0.39 is 5.97 Å². The number of hydrogen-bond donors (Lipinski definition) is 1. The first kappa shape index (κ1) is 11.3. The van der Waals surface area contributed by atoms with E-state index in [-0.39, 0.29) is 11.7 Å². The maximum atomic E-state index is 11.0. The maximum Gasteiger partial charge on any atom is 0.356 e. The summed E-state index contributed by atoms with van der Waals surface area (Å²) in [4.78, 5) is 15.3. The van der Waals surface area contributed by atoms with Gasteiger partial charge in [0.15, 0.2) is 5.69 Å². The summed E-state index contributed by atoms with van der Waals surface area (Å²) in [6.45, 7) is 0. The van der Waals surface area contributed by atoms with E-state index in [9.17, 15) is 4.79 Å². The minimum Gasteiger partial charge on any atom is -0.476 e. The molecular formula is C12H11N3O2S. The lowest BCUT2D eigenvalue weighted by Crippen LogP contribution is -2.25. The van der Waals surface area contributed by atoms with Gasteiger partial charge in [0.05, 0.1) is 17.4 Å². The second kappa shape index (κ2) is 4.45. The summed E-state index contributed by atoms with van der Waals surface area (Å²) in [5.41, 5.74) is 1.61. The van der Waals surface area contributed by atoms with Crippen LogP contribution in [0.4, 0.5) is 0 Å². The highest BCUT2D eigenvalue weighted by Gasteiger charge is 2.26. The summed E-state index contributed by atoms with van der Waals surface area (Å²) in [5, 5.41) is 13.2. The number of aromatic nitrogens is 3. The van der Waals surface area contributed by atoms with Crippen LogP contribution in [0.25, 0.3) is 11.4 Å². The molecule has 0 unspecified atom stereocenters. The number of hydrogen-bond acceptors (Lipinski definition) is 4. The van der Waals surface area contributed by atoms with Gasteiger partial charge in [0.2, 0.25) is 0 Å². The fraction of sp³-hybridized carbons (Fsp3) is 0.250. The van der Waals surface area contributed by atoms with Crippen LogP contribution in [0.2, 0.25) is 0 Å². The molecule has 0 aromatic carbocycles. The number of carbonyl (C=O) groups is 1. The molecule has 2 aromatic heterocycles. The third kappa shape index (κ3) is 1.88. The monoisotopic (exact) mass is 261 g/mol. The van der Waals surface area contributed by atoms with Gasteiger partial charge in [0.1, 0.15) is 0 Å². The number of carboxylic acid groups (broad SMARTS) is 1.